The summed E-state index contributed by atoms with van der Waals surface area (Å²) in [4.78, 5) is 12.1. The number of hydrogen-bond acceptors (Lipinski definition) is 3. The largest absolute Gasteiger partial charge is 0.391 e. The van der Waals surface area contributed by atoms with Crippen LogP contribution in [0.15, 0.2) is 47.4 Å². The van der Waals surface area contributed by atoms with E-state index < -0.39 is 34.1 Å². The number of fused-ring (bicyclic) bond motifs is 1. The van der Waals surface area contributed by atoms with E-state index in [2.05, 4.69) is 10.0 Å². The van der Waals surface area contributed by atoms with Gasteiger partial charge in [-0.1, -0.05) is 36.8 Å². The van der Waals surface area contributed by atoms with E-state index in [4.69, 9.17) is 0 Å². The van der Waals surface area contributed by atoms with Gasteiger partial charge in [0.1, 0.15) is 0 Å². The van der Waals surface area contributed by atoms with E-state index in [-0.39, 0.29) is 30.7 Å². The monoisotopic (exact) mass is 428 g/mol. The average molecular weight is 428 g/mol. The molecule has 2 unspecified atom stereocenters. The lowest BCUT2D eigenvalue weighted by Crippen LogP contribution is -2.42. The lowest BCUT2D eigenvalue weighted by Gasteiger charge is -2.31. The Morgan fingerprint density at radius 2 is 1.79 bits per heavy atom. The van der Waals surface area contributed by atoms with E-state index in [0.29, 0.717) is 12.8 Å². The van der Waals surface area contributed by atoms with Gasteiger partial charge in [-0.2, -0.15) is 13.2 Å². The van der Waals surface area contributed by atoms with Crippen LogP contribution in [0.1, 0.15) is 32.1 Å². The molecule has 0 aliphatic heterocycles. The zero-order chi connectivity index (χ0) is 21.1. The fraction of sp³-hybridized carbons (Fsp3) is 0.450. The van der Waals surface area contributed by atoms with Gasteiger partial charge in [0.2, 0.25) is 15.9 Å². The molecule has 2 aromatic rings. The molecule has 2 aromatic carbocycles. The standard InChI is InChI=1S/C20H23F3N2O3S/c21-20(22,23)16-6-3-7-17(13-16)25-19(26)10-11-24-29(27,28)18-9-8-14-4-1-2-5-15(14)12-18/h1-2,4-5,8-9,12,16-17,24H,3,6-7,10-11,13H2,(H,25,26). The fourth-order valence-electron chi connectivity index (χ4n) is 3.63. The predicted molar refractivity (Wildman–Crippen MR) is 104 cm³/mol. The quantitative estimate of drug-likeness (QED) is 0.736. The van der Waals surface area contributed by atoms with Gasteiger partial charge in [0.25, 0.3) is 0 Å². The second-order valence-electron chi connectivity index (χ2n) is 7.33. The third kappa shape index (κ3) is 5.70. The van der Waals surface area contributed by atoms with Gasteiger partial charge in [0.05, 0.1) is 10.8 Å². The Morgan fingerprint density at radius 1 is 1.07 bits per heavy atom. The summed E-state index contributed by atoms with van der Waals surface area (Å²) in [6.07, 6.45) is -3.52. The molecule has 0 radical (unpaired) electrons. The molecule has 1 saturated carbocycles. The highest BCUT2D eigenvalue weighted by molar-refractivity contribution is 7.89. The summed E-state index contributed by atoms with van der Waals surface area (Å²) in [5.41, 5.74) is 0. The predicted octanol–water partition coefficient (Wildman–Crippen LogP) is 3.75. The normalized spacial score (nSPS) is 20.5. The third-order valence-electron chi connectivity index (χ3n) is 5.18. The molecule has 5 nitrogen and oxygen atoms in total. The summed E-state index contributed by atoms with van der Waals surface area (Å²) in [6.45, 7) is -0.129. The molecule has 0 bridgehead atoms. The Morgan fingerprint density at radius 3 is 2.52 bits per heavy atom. The zero-order valence-corrected chi connectivity index (χ0v) is 16.5. The number of rotatable bonds is 6. The molecule has 1 amide bonds. The number of nitrogens with one attached hydrogen (secondary N) is 2. The van der Waals surface area contributed by atoms with Crippen LogP contribution in [0.4, 0.5) is 13.2 Å². The Balaban J connectivity index is 1.51. The van der Waals surface area contributed by atoms with Gasteiger partial charge < -0.3 is 5.32 Å². The number of benzene rings is 2. The zero-order valence-electron chi connectivity index (χ0n) is 15.7. The summed E-state index contributed by atoms with van der Waals surface area (Å²) in [6, 6.07) is 11.6. The molecular formula is C20H23F3N2O3S. The van der Waals surface area contributed by atoms with Gasteiger partial charge in [-0.25, -0.2) is 13.1 Å². The number of halogens is 3. The summed E-state index contributed by atoms with van der Waals surface area (Å²) in [5, 5.41) is 4.29. The van der Waals surface area contributed by atoms with Crippen molar-refractivity contribution in [2.24, 2.45) is 5.92 Å². The highest BCUT2D eigenvalue weighted by atomic mass is 32.2. The smallest absolute Gasteiger partial charge is 0.353 e. The molecule has 0 spiro atoms. The lowest BCUT2D eigenvalue weighted by molar-refractivity contribution is -0.184. The van der Waals surface area contributed by atoms with Crippen LogP contribution in [0.3, 0.4) is 0 Å². The average Bonchev–Trinajstić information content (AvgIpc) is 2.67. The molecule has 0 saturated heterocycles. The molecule has 0 aromatic heterocycles. The first-order valence-electron chi connectivity index (χ1n) is 9.50. The summed E-state index contributed by atoms with van der Waals surface area (Å²) < 4.78 is 65.8. The van der Waals surface area contributed by atoms with Gasteiger partial charge >= 0.3 is 6.18 Å². The molecular weight excluding hydrogens is 405 g/mol. The first-order valence-corrected chi connectivity index (χ1v) is 11.0. The van der Waals surface area contributed by atoms with Gasteiger partial charge in [-0.15, -0.1) is 0 Å². The van der Waals surface area contributed by atoms with E-state index in [1.165, 1.54) is 6.07 Å². The summed E-state index contributed by atoms with van der Waals surface area (Å²) in [7, 11) is -3.79. The van der Waals surface area contributed by atoms with Crippen molar-refractivity contribution in [1.82, 2.24) is 10.0 Å². The SMILES string of the molecule is O=C(CCNS(=O)(=O)c1ccc2ccccc2c1)NC1CCCC(C(F)(F)F)C1. The Labute approximate surface area is 167 Å². The molecule has 29 heavy (non-hydrogen) atoms. The first kappa shape index (κ1) is 21.6. The van der Waals surface area contributed by atoms with E-state index in [0.717, 1.165) is 10.8 Å². The van der Waals surface area contributed by atoms with Crippen LogP contribution in [0.25, 0.3) is 10.8 Å². The van der Waals surface area contributed by atoms with Crippen LogP contribution in [0, 0.1) is 5.92 Å². The molecule has 1 fully saturated rings. The number of alkyl halides is 3. The number of carbonyl (C=O) groups is 1. The maximum Gasteiger partial charge on any atom is 0.391 e. The lowest BCUT2D eigenvalue weighted by atomic mass is 9.85. The van der Waals surface area contributed by atoms with Gasteiger partial charge in [-0.3, -0.25) is 4.79 Å². The number of amides is 1. The van der Waals surface area contributed by atoms with Crippen molar-refractivity contribution in [3.63, 3.8) is 0 Å². The number of carbonyl (C=O) groups excluding carboxylic acids is 1. The Hall–Kier alpha value is -2.13. The van der Waals surface area contributed by atoms with Crippen molar-refractivity contribution in [2.75, 3.05) is 6.54 Å². The minimum absolute atomic E-state index is 0.0847. The van der Waals surface area contributed by atoms with Crippen LogP contribution >= 0.6 is 0 Å². The van der Waals surface area contributed by atoms with Crippen molar-refractivity contribution < 1.29 is 26.4 Å². The van der Waals surface area contributed by atoms with E-state index in [1.807, 2.05) is 18.2 Å². The number of sulfonamides is 1. The molecule has 1 aliphatic carbocycles. The Bertz CT molecular complexity index is 976. The van der Waals surface area contributed by atoms with Crippen molar-refractivity contribution in [3.05, 3.63) is 42.5 Å². The highest BCUT2D eigenvalue weighted by Crippen LogP contribution is 2.37. The topological polar surface area (TPSA) is 75.3 Å². The maximum atomic E-state index is 12.9. The fourth-order valence-corrected chi connectivity index (χ4v) is 4.70. The van der Waals surface area contributed by atoms with Crippen molar-refractivity contribution in [2.45, 2.75) is 49.2 Å². The maximum absolute atomic E-state index is 12.9. The van der Waals surface area contributed by atoms with Crippen molar-refractivity contribution in [3.8, 4) is 0 Å². The van der Waals surface area contributed by atoms with Crippen LogP contribution in [0.5, 0.6) is 0 Å². The summed E-state index contributed by atoms with van der Waals surface area (Å²) >= 11 is 0. The molecule has 9 heteroatoms. The minimum Gasteiger partial charge on any atom is -0.353 e. The van der Waals surface area contributed by atoms with E-state index >= 15 is 0 Å². The second-order valence-corrected chi connectivity index (χ2v) is 9.09. The summed E-state index contributed by atoms with van der Waals surface area (Å²) in [5.74, 6) is -1.85. The molecule has 2 N–H and O–H groups in total. The van der Waals surface area contributed by atoms with E-state index in [9.17, 15) is 26.4 Å². The molecule has 1 aliphatic rings. The van der Waals surface area contributed by atoms with Crippen LogP contribution in [-0.2, 0) is 14.8 Å². The molecule has 158 valence electrons. The van der Waals surface area contributed by atoms with Crippen molar-refractivity contribution >= 4 is 26.7 Å². The molecule has 2 atom stereocenters. The Kier molecular flexibility index (Phi) is 6.48. The third-order valence-corrected chi connectivity index (χ3v) is 6.64. The van der Waals surface area contributed by atoms with Crippen molar-refractivity contribution in [1.29, 1.82) is 0 Å². The highest BCUT2D eigenvalue weighted by Gasteiger charge is 2.42. The van der Waals surface area contributed by atoms with Crippen LogP contribution in [0.2, 0.25) is 0 Å². The number of hydrogen-bond donors (Lipinski definition) is 2. The second kappa shape index (κ2) is 8.71. The molecule has 0 heterocycles. The van der Waals surface area contributed by atoms with E-state index in [1.54, 1.807) is 18.2 Å². The molecule has 3 rings (SSSR count). The van der Waals surface area contributed by atoms with Gasteiger partial charge in [0, 0.05) is 19.0 Å². The van der Waals surface area contributed by atoms with Gasteiger partial charge in [-0.05, 0) is 42.2 Å². The minimum atomic E-state index is -4.25. The first-order chi connectivity index (χ1) is 13.6. The van der Waals surface area contributed by atoms with Crippen LogP contribution in [-0.4, -0.2) is 33.1 Å². The van der Waals surface area contributed by atoms with Crippen LogP contribution < -0.4 is 10.0 Å². The van der Waals surface area contributed by atoms with Gasteiger partial charge in [0.15, 0.2) is 0 Å².